The monoisotopic (exact) mass is 422 g/mol. The Morgan fingerprint density at radius 3 is 1.47 bits per heavy atom. The lowest BCUT2D eigenvalue weighted by atomic mass is 9.34. The van der Waals surface area contributed by atoms with Gasteiger partial charge in [0.25, 0.3) is 0 Å². The third-order valence-corrected chi connectivity index (χ3v) is 10.4. The Kier molecular flexibility index (Phi) is 11.7. The van der Waals surface area contributed by atoms with Crippen LogP contribution in [0.4, 0.5) is 0 Å². The minimum atomic E-state index is 0.308. The first-order chi connectivity index (χ1) is 13.7. The Labute approximate surface area is 193 Å². The lowest BCUT2D eigenvalue weighted by molar-refractivity contribution is -0.221. The van der Waals surface area contributed by atoms with Crippen molar-refractivity contribution in [3.8, 4) is 0 Å². The van der Waals surface area contributed by atoms with Gasteiger partial charge in [-0.25, -0.2) is 0 Å². The van der Waals surface area contributed by atoms with E-state index in [-0.39, 0.29) is 0 Å². The van der Waals surface area contributed by atoms with Crippen molar-refractivity contribution in [2.24, 2.45) is 45.3 Å². The van der Waals surface area contributed by atoms with Crippen molar-refractivity contribution in [2.45, 2.75) is 148 Å². The Bertz CT molecular complexity index is 468. The van der Waals surface area contributed by atoms with E-state index in [1.807, 2.05) is 0 Å². The predicted molar refractivity (Wildman–Crippen MR) is 140 cm³/mol. The van der Waals surface area contributed by atoms with Crippen LogP contribution < -0.4 is 0 Å². The van der Waals surface area contributed by atoms with E-state index in [9.17, 15) is 0 Å². The van der Waals surface area contributed by atoms with Crippen molar-refractivity contribution in [1.29, 1.82) is 0 Å². The maximum absolute atomic E-state index is 2.74. The molecule has 0 heteroatoms. The van der Waals surface area contributed by atoms with Crippen molar-refractivity contribution < 1.29 is 0 Å². The van der Waals surface area contributed by atoms with E-state index in [0.717, 1.165) is 17.8 Å². The van der Waals surface area contributed by atoms with E-state index in [1.54, 1.807) is 0 Å². The lowest BCUT2D eigenvalue weighted by Gasteiger charge is -2.70. The third kappa shape index (κ3) is 5.14. The summed E-state index contributed by atoms with van der Waals surface area (Å²) in [5, 5.41) is 0. The molecule has 0 fully saturated rings. The highest BCUT2D eigenvalue weighted by atomic mass is 14.7. The normalized spacial score (nSPS) is 20.5. The van der Waals surface area contributed by atoms with Gasteiger partial charge >= 0.3 is 0 Å². The van der Waals surface area contributed by atoms with Gasteiger partial charge in [0.05, 0.1) is 0 Å². The molecule has 0 radical (unpaired) electrons. The lowest BCUT2D eigenvalue weighted by Crippen LogP contribution is -2.64. The van der Waals surface area contributed by atoms with Gasteiger partial charge in [-0.1, -0.05) is 129 Å². The summed E-state index contributed by atoms with van der Waals surface area (Å²) in [6, 6.07) is 0. The van der Waals surface area contributed by atoms with E-state index in [2.05, 4.69) is 96.9 Å². The van der Waals surface area contributed by atoms with Crippen LogP contribution in [-0.4, -0.2) is 0 Å². The first-order valence-corrected chi connectivity index (χ1v) is 13.7. The molecule has 0 saturated heterocycles. The van der Waals surface area contributed by atoms with Crippen LogP contribution in [0.5, 0.6) is 0 Å². The molecule has 0 spiro atoms. The molecule has 30 heavy (non-hydrogen) atoms. The van der Waals surface area contributed by atoms with Crippen molar-refractivity contribution in [2.75, 3.05) is 0 Å². The highest BCUT2D eigenvalue weighted by Gasteiger charge is 2.65. The molecule has 0 N–H and O–H groups in total. The molecule has 0 bridgehead atoms. The molecule has 0 aliphatic carbocycles. The molecule has 0 aliphatic heterocycles. The molecule has 0 nitrogen and oxygen atoms in total. The van der Waals surface area contributed by atoms with Crippen molar-refractivity contribution in [3.05, 3.63) is 0 Å². The smallest absolute Gasteiger partial charge is 0.0131 e. The standard InChI is InChI=1S/C30H62/c1-15-20-27(11,12)29(14,21-16-2)30(25(9)22-23(6)7,26(10)24(8)17-3)28(13,18-4)19-5/h23-26H,15-22H2,1-14H3. The van der Waals surface area contributed by atoms with Crippen LogP contribution in [0, 0.1) is 45.3 Å². The van der Waals surface area contributed by atoms with E-state index in [1.165, 1.54) is 51.4 Å². The van der Waals surface area contributed by atoms with E-state index >= 15 is 0 Å². The molecule has 182 valence electrons. The van der Waals surface area contributed by atoms with Crippen LogP contribution in [0.3, 0.4) is 0 Å². The summed E-state index contributed by atoms with van der Waals surface area (Å²) in [6.07, 6.45) is 10.5. The molecule has 0 aliphatic rings. The van der Waals surface area contributed by atoms with Crippen LogP contribution >= 0.6 is 0 Å². The minimum Gasteiger partial charge on any atom is -0.0654 e. The molecule has 0 amide bonds. The minimum absolute atomic E-state index is 0.308. The highest BCUT2D eigenvalue weighted by molar-refractivity contribution is 5.13. The SMILES string of the molecule is CCCC(C)(C)C(C)(CCC)C(C(C)CC(C)C)(C(C)C(C)CC)C(C)(CC)CC. The van der Waals surface area contributed by atoms with Gasteiger partial charge in [0.2, 0.25) is 0 Å². The second kappa shape index (κ2) is 11.7. The van der Waals surface area contributed by atoms with E-state index in [0.29, 0.717) is 27.6 Å². The zero-order valence-electron chi connectivity index (χ0n) is 24.0. The van der Waals surface area contributed by atoms with Crippen LogP contribution in [0.1, 0.15) is 148 Å². The zero-order chi connectivity index (χ0) is 24.0. The second-order valence-electron chi connectivity index (χ2n) is 12.6. The van der Waals surface area contributed by atoms with Gasteiger partial charge in [-0.3, -0.25) is 0 Å². The van der Waals surface area contributed by atoms with Crippen molar-refractivity contribution >= 4 is 0 Å². The van der Waals surface area contributed by atoms with Gasteiger partial charge in [0.1, 0.15) is 0 Å². The van der Waals surface area contributed by atoms with Crippen molar-refractivity contribution in [1.82, 2.24) is 0 Å². The summed E-state index contributed by atoms with van der Waals surface area (Å²) in [4.78, 5) is 0. The summed E-state index contributed by atoms with van der Waals surface area (Å²) < 4.78 is 0. The average Bonchev–Trinajstić information content (AvgIpc) is 2.66. The average molecular weight is 423 g/mol. The van der Waals surface area contributed by atoms with Crippen LogP contribution in [0.15, 0.2) is 0 Å². The van der Waals surface area contributed by atoms with E-state index < -0.39 is 0 Å². The molecular weight excluding hydrogens is 360 g/mol. The summed E-state index contributed by atoms with van der Waals surface area (Å²) in [5.74, 6) is 2.94. The van der Waals surface area contributed by atoms with E-state index in [4.69, 9.17) is 0 Å². The van der Waals surface area contributed by atoms with Crippen LogP contribution in [0.25, 0.3) is 0 Å². The Balaban J connectivity index is 7.48. The molecule has 0 rings (SSSR count). The molecule has 5 unspecified atom stereocenters. The molecule has 0 aromatic heterocycles. The molecule has 0 aromatic carbocycles. The predicted octanol–water partition coefficient (Wildman–Crippen LogP) is 10.8. The fraction of sp³-hybridized carbons (Fsp3) is 1.00. The highest BCUT2D eigenvalue weighted by Crippen LogP contribution is 2.72. The quantitative estimate of drug-likeness (QED) is 0.246. The van der Waals surface area contributed by atoms with Gasteiger partial charge in [-0.15, -0.1) is 0 Å². The first-order valence-electron chi connectivity index (χ1n) is 13.7. The number of hydrogen-bond acceptors (Lipinski definition) is 0. The van der Waals surface area contributed by atoms with Gasteiger partial charge in [0, 0.05) is 0 Å². The van der Waals surface area contributed by atoms with Gasteiger partial charge in [0.15, 0.2) is 0 Å². The van der Waals surface area contributed by atoms with Crippen molar-refractivity contribution in [3.63, 3.8) is 0 Å². The molecule has 0 aromatic rings. The summed E-state index contributed by atoms with van der Waals surface area (Å²) in [5.41, 5.74) is 1.30. The Hall–Kier alpha value is 0. The Morgan fingerprint density at radius 2 is 1.13 bits per heavy atom. The number of rotatable bonds is 15. The fourth-order valence-electron chi connectivity index (χ4n) is 8.34. The fourth-order valence-corrected chi connectivity index (χ4v) is 8.34. The first kappa shape index (κ1) is 30.0. The topological polar surface area (TPSA) is 0 Å². The third-order valence-electron chi connectivity index (χ3n) is 10.4. The molecule has 5 atom stereocenters. The molecule has 0 heterocycles. The summed E-state index contributed by atoms with van der Waals surface area (Å²) in [6.45, 7) is 35.6. The maximum atomic E-state index is 2.74. The molecular formula is C30H62. The maximum Gasteiger partial charge on any atom is -0.0131 e. The van der Waals surface area contributed by atoms with Gasteiger partial charge < -0.3 is 0 Å². The second-order valence-corrected chi connectivity index (χ2v) is 12.6. The van der Waals surface area contributed by atoms with Gasteiger partial charge in [-0.05, 0) is 64.6 Å². The summed E-state index contributed by atoms with van der Waals surface area (Å²) >= 11 is 0. The molecule has 0 saturated carbocycles. The zero-order valence-corrected chi connectivity index (χ0v) is 24.0. The largest absolute Gasteiger partial charge is 0.0654 e. The summed E-state index contributed by atoms with van der Waals surface area (Å²) in [7, 11) is 0. The number of hydrogen-bond donors (Lipinski definition) is 0. The van der Waals surface area contributed by atoms with Crippen LogP contribution in [0.2, 0.25) is 0 Å². The Morgan fingerprint density at radius 1 is 0.667 bits per heavy atom. The van der Waals surface area contributed by atoms with Crippen LogP contribution in [-0.2, 0) is 0 Å². The van der Waals surface area contributed by atoms with Gasteiger partial charge in [-0.2, -0.15) is 0 Å².